The van der Waals surface area contributed by atoms with Crippen LogP contribution in [-0.2, 0) is 6.54 Å². The quantitative estimate of drug-likeness (QED) is 0.891. The topological polar surface area (TPSA) is 15.3 Å². The molecule has 108 valence electrons. The predicted octanol–water partition coefficient (Wildman–Crippen LogP) is 3.30. The van der Waals surface area contributed by atoms with E-state index in [-0.39, 0.29) is 12.4 Å². The summed E-state index contributed by atoms with van der Waals surface area (Å²) in [4.78, 5) is 2.65. The number of nitrogens with one attached hydrogen (secondary N) is 1. The van der Waals surface area contributed by atoms with Gasteiger partial charge < -0.3 is 5.32 Å². The number of hydrogen-bond donors (Lipinski definition) is 1. The predicted molar refractivity (Wildman–Crippen MR) is 85.1 cm³/mol. The normalized spacial score (nSPS) is 18.6. The van der Waals surface area contributed by atoms with E-state index < -0.39 is 0 Å². The Morgan fingerprint density at radius 1 is 1.32 bits per heavy atom. The number of halogens is 1. The number of aryl methyl sites for hydroxylation is 2. The summed E-state index contributed by atoms with van der Waals surface area (Å²) in [6.45, 7) is 11.3. The van der Waals surface area contributed by atoms with Crippen molar-refractivity contribution in [1.82, 2.24) is 10.2 Å². The maximum Gasteiger partial charge on any atom is 0.0239 e. The highest BCUT2D eigenvalue weighted by molar-refractivity contribution is 5.85. The maximum absolute atomic E-state index is 3.48. The lowest BCUT2D eigenvalue weighted by Gasteiger charge is -2.28. The van der Waals surface area contributed by atoms with Crippen LogP contribution in [0.5, 0.6) is 0 Å². The molecule has 0 saturated carbocycles. The molecule has 1 aromatic rings. The van der Waals surface area contributed by atoms with Crippen LogP contribution in [-0.4, -0.2) is 30.6 Å². The van der Waals surface area contributed by atoms with Crippen molar-refractivity contribution in [2.75, 3.05) is 19.6 Å². The molecule has 1 aliphatic rings. The third-order valence-electron chi connectivity index (χ3n) is 3.93. The SMILES string of the molecule is CCCN(Cc1ccc(C)cc1C)C1CCNC1.Cl. The Morgan fingerprint density at radius 2 is 2.11 bits per heavy atom. The molecule has 3 heteroatoms. The van der Waals surface area contributed by atoms with Gasteiger partial charge in [-0.15, -0.1) is 12.4 Å². The van der Waals surface area contributed by atoms with E-state index in [4.69, 9.17) is 0 Å². The number of rotatable bonds is 5. The van der Waals surface area contributed by atoms with Gasteiger partial charge in [0.25, 0.3) is 0 Å². The molecule has 1 atom stereocenters. The summed E-state index contributed by atoms with van der Waals surface area (Å²) >= 11 is 0. The number of hydrogen-bond acceptors (Lipinski definition) is 2. The highest BCUT2D eigenvalue weighted by Gasteiger charge is 2.21. The van der Waals surface area contributed by atoms with Gasteiger partial charge in [0.1, 0.15) is 0 Å². The zero-order chi connectivity index (χ0) is 13.0. The van der Waals surface area contributed by atoms with Crippen LogP contribution in [0.25, 0.3) is 0 Å². The third-order valence-corrected chi connectivity index (χ3v) is 3.93. The van der Waals surface area contributed by atoms with Crippen LogP contribution in [0.4, 0.5) is 0 Å². The van der Waals surface area contributed by atoms with Crippen LogP contribution >= 0.6 is 12.4 Å². The maximum atomic E-state index is 3.48. The lowest BCUT2D eigenvalue weighted by molar-refractivity contribution is 0.199. The van der Waals surface area contributed by atoms with E-state index in [2.05, 4.69) is 49.2 Å². The molecule has 1 fully saturated rings. The van der Waals surface area contributed by atoms with E-state index in [1.54, 1.807) is 0 Å². The smallest absolute Gasteiger partial charge is 0.0239 e. The van der Waals surface area contributed by atoms with E-state index in [1.165, 1.54) is 42.6 Å². The Bertz CT molecular complexity index is 386. The van der Waals surface area contributed by atoms with Crippen molar-refractivity contribution < 1.29 is 0 Å². The molecule has 19 heavy (non-hydrogen) atoms. The van der Waals surface area contributed by atoms with Gasteiger partial charge in [-0.3, -0.25) is 4.90 Å². The number of benzene rings is 1. The molecule has 1 saturated heterocycles. The summed E-state index contributed by atoms with van der Waals surface area (Å²) in [5, 5.41) is 3.48. The van der Waals surface area contributed by atoms with Crippen molar-refractivity contribution >= 4 is 12.4 Å². The van der Waals surface area contributed by atoms with Gasteiger partial charge in [-0.25, -0.2) is 0 Å². The first kappa shape index (κ1) is 16.5. The summed E-state index contributed by atoms with van der Waals surface area (Å²) in [7, 11) is 0. The molecule has 2 nitrogen and oxygen atoms in total. The van der Waals surface area contributed by atoms with Crippen LogP contribution in [0, 0.1) is 13.8 Å². The van der Waals surface area contributed by atoms with E-state index >= 15 is 0 Å². The highest BCUT2D eigenvalue weighted by Crippen LogP contribution is 2.17. The van der Waals surface area contributed by atoms with Crippen LogP contribution in [0.3, 0.4) is 0 Å². The Balaban J connectivity index is 0.00000180. The Labute approximate surface area is 124 Å². The van der Waals surface area contributed by atoms with Crippen LogP contribution in [0.1, 0.15) is 36.5 Å². The molecular weight excluding hydrogens is 256 g/mol. The van der Waals surface area contributed by atoms with Gasteiger partial charge in [-0.1, -0.05) is 30.7 Å². The summed E-state index contributed by atoms with van der Waals surface area (Å²) in [6, 6.07) is 7.56. The highest BCUT2D eigenvalue weighted by atomic mass is 35.5. The van der Waals surface area contributed by atoms with Gasteiger partial charge in [0, 0.05) is 19.1 Å². The molecule has 0 aliphatic carbocycles. The average Bonchev–Trinajstić information content (AvgIpc) is 2.85. The zero-order valence-electron chi connectivity index (χ0n) is 12.4. The molecule has 1 unspecified atom stereocenters. The largest absolute Gasteiger partial charge is 0.315 e. The van der Waals surface area contributed by atoms with Crippen molar-refractivity contribution in [2.45, 2.75) is 46.2 Å². The Morgan fingerprint density at radius 3 is 2.68 bits per heavy atom. The molecule has 0 bridgehead atoms. The molecule has 2 rings (SSSR count). The van der Waals surface area contributed by atoms with Crippen LogP contribution in [0.2, 0.25) is 0 Å². The second-order valence-corrected chi connectivity index (χ2v) is 5.55. The second kappa shape index (κ2) is 7.88. The molecular formula is C16H27ClN2. The van der Waals surface area contributed by atoms with Gasteiger partial charge >= 0.3 is 0 Å². The lowest BCUT2D eigenvalue weighted by atomic mass is 10.0. The minimum atomic E-state index is 0. The first-order valence-electron chi connectivity index (χ1n) is 7.21. The van der Waals surface area contributed by atoms with Crippen molar-refractivity contribution in [3.05, 3.63) is 34.9 Å². The monoisotopic (exact) mass is 282 g/mol. The molecule has 0 spiro atoms. The van der Waals surface area contributed by atoms with E-state index in [0.717, 1.165) is 19.1 Å². The molecule has 0 amide bonds. The molecule has 1 aromatic carbocycles. The van der Waals surface area contributed by atoms with E-state index in [0.29, 0.717) is 0 Å². The Hall–Kier alpha value is -0.570. The lowest BCUT2D eigenvalue weighted by Crippen LogP contribution is -2.37. The third kappa shape index (κ3) is 4.48. The fourth-order valence-electron chi connectivity index (χ4n) is 2.87. The van der Waals surface area contributed by atoms with Gasteiger partial charge in [0.2, 0.25) is 0 Å². The van der Waals surface area contributed by atoms with Crippen molar-refractivity contribution in [1.29, 1.82) is 0 Å². The van der Waals surface area contributed by atoms with E-state index in [1.807, 2.05) is 0 Å². The van der Waals surface area contributed by atoms with E-state index in [9.17, 15) is 0 Å². The van der Waals surface area contributed by atoms with Crippen LogP contribution < -0.4 is 5.32 Å². The minimum absolute atomic E-state index is 0. The first-order valence-corrected chi connectivity index (χ1v) is 7.21. The molecule has 1 aliphatic heterocycles. The van der Waals surface area contributed by atoms with Crippen LogP contribution in [0.15, 0.2) is 18.2 Å². The summed E-state index contributed by atoms with van der Waals surface area (Å²) in [6.07, 6.45) is 2.53. The first-order chi connectivity index (χ1) is 8.70. The summed E-state index contributed by atoms with van der Waals surface area (Å²) in [5.41, 5.74) is 4.28. The minimum Gasteiger partial charge on any atom is -0.315 e. The standard InChI is InChI=1S/C16H26N2.ClH/c1-4-9-18(16-7-8-17-11-16)12-15-6-5-13(2)10-14(15)3;/h5-6,10,16-17H,4,7-9,11-12H2,1-3H3;1H. The molecule has 0 aromatic heterocycles. The van der Waals surface area contributed by atoms with Crippen molar-refractivity contribution in [3.63, 3.8) is 0 Å². The Kier molecular flexibility index (Phi) is 6.84. The molecule has 1 N–H and O–H groups in total. The van der Waals surface area contributed by atoms with Crippen molar-refractivity contribution in [2.24, 2.45) is 0 Å². The number of nitrogens with zero attached hydrogens (tertiary/aromatic N) is 1. The van der Waals surface area contributed by atoms with Gasteiger partial charge in [0.05, 0.1) is 0 Å². The molecule has 0 radical (unpaired) electrons. The fraction of sp³-hybridized carbons (Fsp3) is 0.625. The summed E-state index contributed by atoms with van der Waals surface area (Å²) in [5.74, 6) is 0. The zero-order valence-corrected chi connectivity index (χ0v) is 13.2. The molecule has 1 heterocycles. The fourth-order valence-corrected chi connectivity index (χ4v) is 2.87. The van der Waals surface area contributed by atoms with Gasteiger partial charge in [-0.2, -0.15) is 0 Å². The van der Waals surface area contributed by atoms with Gasteiger partial charge in [0.15, 0.2) is 0 Å². The second-order valence-electron chi connectivity index (χ2n) is 5.55. The average molecular weight is 283 g/mol. The van der Waals surface area contributed by atoms with Gasteiger partial charge in [-0.05, 0) is 50.9 Å². The summed E-state index contributed by atoms with van der Waals surface area (Å²) < 4.78 is 0. The van der Waals surface area contributed by atoms with Crippen molar-refractivity contribution in [3.8, 4) is 0 Å².